The van der Waals surface area contributed by atoms with Gasteiger partial charge >= 0.3 is 6.18 Å². The van der Waals surface area contributed by atoms with Crippen LogP contribution in [0, 0.1) is 0 Å². The molecule has 0 saturated carbocycles. The van der Waals surface area contributed by atoms with Gasteiger partial charge in [0.2, 0.25) is 11.0 Å². The van der Waals surface area contributed by atoms with E-state index in [-0.39, 0.29) is 18.2 Å². The van der Waals surface area contributed by atoms with Gasteiger partial charge in [0.1, 0.15) is 5.01 Å². The number of anilines is 2. The van der Waals surface area contributed by atoms with Gasteiger partial charge in [-0.1, -0.05) is 36.1 Å². The molecule has 3 rings (SSSR count). The van der Waals surface area contributed by atoms with Crippen LogP contribution in [-0.4, -0.2) is 36.6 Å². The average molecular weight is 472 g/mol. The number of carbonyl (C=O) groups is 1. The van der Waals surface area contributed by atoms with Crippen LogP contribution < -0.4 is 10.6 Å². The van der Waals surface area contributed by atoms with Gasteiger partial charge in [0.25, 0.3) is 0 Å². The summed E-state index contributed by atoms with van der Waals surface area (Å²) in [4.78, 5) is 12.2. The van der Waals surface area contributed by atoms with E-state index in [1.165, 1.54) is 29.2 Å². The van der Waals surface area contributed by atoms with E-state index >= 15 is 0 Å². The predicted octanol–water partition coefficient (Wildman–Crippen LogP) is 4.07. The largest absolute Gasteiger partial charge is 0.416 e. The van der Waals surface area contributed by atoms with Crippen molar-refractivity contribution in [3.05, 3.63) is 40.7 Å². The van der Waals surface area contributed by atoms with Gasteiger partial charge in [-0.25, -0.2) is 0 Å². The fraction of sp³-hybridized carbons (Fsp3) is 0.389. The first-order chi connectivity index (χ1) is 14.8. The Labute approximate surface area is 184 Å². The lowest BCUT2D eigenvalue weighted by Gasteiger charge is -2.11. The number of aromatic nitrogens is 5. The fourth-order valence-corrected chi connectivity index (χ4v) is 4.11. The zero-order chi connectivity index (χ0) is 22.4. The van der Waals surface area contributed by atoms with E-state index < -0.39 is 11.7 Å². The van der Waals surface area contributed by atoms with Crippen molar-refractivity contribution in [3.8, 4) is 0 Å². The van der Waals surface area contributed by atoms with Gasteiger partial charge in [0.15, 0.2) is 11.0 Å². The third-order valence-corrected chi connectivity index (χ3v) is 6.05. The number of hydrogen-bond donors (Lipinski definition) is 2. The molecular weight excluding hydrogens is 451 g/mol. The Morgan fingerprint density at radius 1 is 1.19 bits per heavy atom. The van der Waals surface area contributed by atoms with E-state index in [0.717, 1.165) is 23.6 Å². The maximum absolute atomic E-state index is 12.9. The van der Waals surface area contributed by atoms with E-state index in [9.17, 15) is 18.0 Å². The SMILES string of the molecule is CCc1nnc(NC(=O)CSc2nnc(CNc3cccc(C(F)(F)F)c3)n2CC)s1. The highest BCUT2D eigenvalue weighted by atomic mass is 32.2. The molecule has 0 atom stereocenters. The Bertz CT molecular complexity index is 1040. The second-order valence-electron chi connectivity index (χ2n) is 6.27. The third kappa shape index (κ3) is 6.17. The molecule has 2 heterocycles. The number of alkyl halides is 3. The molecular formula is C18H20F3N7OS2. The van der Waals surface area contributed by atoms with Crippen molar-refractivity contribution in [1.29, 1.82) is 0 Å². The number of halogens is 3. The number of nitrogens with one attached hydrogen (secondary N) is 2. The molecule has 1 aromatic carbocycles. The molecule has 166 valence electrons. The second-order valence-corrected chi connectivity index (χ2v) is 8.27. The van der Waals surface area contributed by atoms with Crippen LogP contribution >= 0.6 is 23.1 Å². The molecule has 0 radical (unpaired) electrons. The van der Waals surface area contributed by atoms with Crippen LogP contribution in [0.25, 0.3) is 0 Å². The van der Waals surface area contributed by atoms with E-state index in [1.807, 2.05) is 13.8 Å². The highest BCUT2D eigenvalue weighted by molar-refractivity contribution is 7.99. The molecule has 3 aromatic rings. The van der Waals surface area contributed by atoms with Gasteiger partial charge in [0, 0.05) is 12.2 Å². The van der Waals surface area contributed by atoms with Crippen LogP contribution in [0.15, 0.2) is 29.4 Å². The molecule has 2 N–H and O–H groups in total. The minimum Gasteiger partial charge on any atom is -0.378 e. The number of carbonyl (C=O) groups excluding carboxylic acids is 1. The second kappa shape index (κ2) is 10.1. The van der Waals surface area contributed by atoms with Crippen molar-refractivity contribution in [3.63, 3.8) is 0 Å². The van der Waals surface area contributed by atoms with Crippen LogP contribution in [0.2, 0.25) is 0 Å². The maximum Gasteiger partial charge on any atom is 0.416 e. The molecule has 0 bridgehead atoms. The smallest absolute Gasteiger partial charge is 0.378 e. The van der Waals surface area contributed by atoms with E-state index in [1.54, 1.807) is 10.6 Å². The first-order valence-corrected chi connectivity index (χ1v) is 11.2. The quantitative estimate of drug-likeness (QED) is 0.454. The topological polar surface area (TPSA) is 97.6 Å². The molecule has 0 aliphatic heterocycles. The Kier molecular flexibility index (Phi) is 7.49. The maximum atomic E-state index is 12.9. The molecule has 0 saturated heterocycles. The summed E-state index contributed by atoms with van der Waals surface area (Å²) in [7, 11) is 0. The lowest BCUT2D eigenvalue weighted by atomic mass is 10.2. The number of amides is 1. The number of hydrogen-bond acceptors (Lipinski definition) is 8. The van der Waals surface area contributed by atoms with Crippen LogP contribution in [-0.2, 0) is 30.5 Å². The monoisotopic (exact) mass is 471 g/mol. The van der Waals surface area contributed by atoms with Crippen molar-refractivity contribution >= 4 is 39.8 Å². The summed E-state index contributed by atoms with van der Waals surface area (Å²) in [6.45, 7) is 4.60. The highest BCUT2D eigenvalue weighted by Crippen LogP contribution is 2.30. The Hall–Kier alpha value is -2.67. The van der Waals surface area contributed by atoms with Crippen molar-refractivity contribution in [1.82, 2.24) is 25.0 Å². The predicted molar refractivity (Wildman–Crippen MR) is 113 cm³/mol. The van der Waals surface area contributed by atoms with Gasteiger partial charge in [-0.3, -0.25) is 10.1 Å². The fourth-order valence-electron chi connectivity index (χ4n) is 2.59. The number of nitrogens with zero attached hydrogens (tertiary/aromatic N) is 5. The number of aryl methyl sites for hydroxylation is 1. The molecule has 2 aromatic heterocycles. The molecule has 0 unspecified atom stereocenters. The number of rotatable bonds is 9. The van der Waals surface area contributed by atoms with E-state index in [2.05, 4.69) is 31.0 Å². The van der Waals surface area contributed by atoms with Gasteiger partial charge < -0.3 is 9.88 Å². The molecule has 31 heavy (non-hydrogen) atoms. The number of benzene rings is 1. The van der Waals surface area contributed by atoms with Gasteiger partial charge in [-0.05, 0) is 31.5 Å². The summed E-state index contributed by atoms with van der Waals surface area (Å²) in [5, 5.41) is 23.5. The summed E-state index contributed by atoms with van der Waals surface area (Å²) in [5.41, 5.74) is -0.393. The van der Waals surface area contributed by atoms with Gasteiger partial charge in [0.05, 0.1) is 17.9 Å². The molecule has 0 fully saturated rings. The molecule has 0 spiro atoms. The number of thioether (sulfide) groups is 1. The summed E-state index contributed by atoms with van der Waals surface area (Å²) in [6.07, 6.45) is -3.66. The molecule has 0 aliphatic carbocycles. The van der Waals surface area contributed by atoms with Gasteiger partial charge in [-0.15, -0.1) is 20.4 Å². The Morgan fingerprint density at radius 2 is 2.00 bits per heavy atom. The summed E-state index contributed by atoms with van der Waals surface area (Å²) < 4.78 is 40.4. The molecule has 13 heteroatoms. The lowest BCUT2D eigenvalue weighted by Crippen LogP contribution is -2.15. The first kappa shape index (κ1) is 23.0. The van der Waals surface area contributed by atoms with Crippen molar-refractivity contribution in [2.24, 2.45) is 0 Å². The van der Waals surface area contributed by atoms with Crippen molar-refractivity contribution in [2.75, 3.05) is 16.4 Å². The third-order valence-electron chi connectivity index (χ3n) is 4.10. The summed E-state index contributed by atoms with van der Waals surface area (Å²) in [5.74, 6) is 0.429. The van der Waals surface area contributed by atoms with E-state index in [0.29, 0.717) is 28.3 Å². The van der Waals surface area contributed by atoms with Crippen molar-refractivity contribution < 1.29 is 18.0 Å². The highest BCUT2D eigenvalue weighted by Gasteiger charge is 2.30. The van der Waals surface area contributed by atoms with Crippen LogP contribution in [0.4, 0.5) is 24.0 Å². The van der Waals surface area contributed by atoms with Gasteiger partial charge in [-0.2, -0.15) is 13.2 Å². The van der Waals surface area contributed by atoms with Crippen LogP contribution in [0.5, 0.6) is 0 Å². The summed E-state index contributed by atoms with van der Waals surface area (Å²) >= 11 is 2.54. The molecule has 0 aliphatic rings. The standard InChI is InChI=1S/C18H20F3N7OS2/c1-3-15-25-26-16(31-15)23-14(29)10-30-17-27-24-13(28(17)4-2)9-22-12-7-5-6-11(8-12)18(19,20)21/h5-8,22H,3-4,9-10H2,1-2H3,(H,23,26,29). The first-order valence-electron chi connectivity index (χ1n) is 9.38. The lowest BCUT2D eigenvalue weighted by molar-refractivity contribution is -0.137. The molecule has 8 nitrogen and oxygen atoms in total. The average Bonchev–Trinajstić information content (AvgIpc) is 3.36. The molecule has 1 amide bonds. The van der Waals surface area contributed by atoms with Crippen LogP contribution in [0.3, 0.4) is 0 Å². The summed E-state index contributed by atoms with van der Waals surface area (Å²) in [6, 6.07) is 4.96. The van der Waals surface area contributed by atoms with E-state index in [4.69, 9.17) is 0 Å². The zero-order valence-electron chi connectivity index (χ0n) is 16.7. The van der Waals surface area contributed by atoms with Crippen molar-refractivity contribution in [2.45, 2.75) is 44.7 Å². The minimum absolute atomic E-state index is 0.111. The Balaban J connectivity index is 1.58. The normalized spacial score (nSPS) is 11.5. The Morgan fingerprint density at radius 3 is 2.68 bits per heavy atom. The van der Waals surface area contributed by atoms with Crippen LogP contribution in [0.1, 0.15) is 30.2 Å². The minimum atomic E-state index is -4.40. The zero-order valence-corrected chi connectivity index (χ0v) is 18.4.